The Morgan fingerprint density at radius 2 is 2.33 bits per heavy atom. The van der Waals surface area contributed by atoms with Crippen molar-refractivity contribution in [1.29, 1.82) is 0 Å². The highest BCUT2D eigenvalue weighted by atomic mass is 14.9. The molecule has 0 aliphatic rings. The van der Waals surface area contributed by atoms with Crippen LogP contribution < -0.4 is 5.32 Å². The quantitative estimate of drug-likeness (QED) is 0.742. The van der Waals surface area contributed by atoms with Crippen molar-refractivity contribution in [3.05, 3.63) is 29.6 Å². The Morgan fingerprint density at radius 3 is 2.93 bits per heavy atom. The molecule has 0 aliphatic carbocycles. The first-order valence-corrected chi connectivity index (χ1v) is 5.38. The predicted molar refractivity (Wildman–Crippen MR) is 63.5 cm³/mol. The molecule has 0 bridgehead atoms. The van der Waals surface area contributed by atoms with E-state index < -0.39 is 0 Å². The van der Waals surface area contributed by atoms with Gasteiger partial charge < -0.3 is 5.32 Å². The molecule has 0 radical (unpaired) electrons. The van der Waals surface area contributed by atoms with Crippen molar-refractivity contribution >= 4 is 0 Å². The zero-order chi connectivity index (χ0) is 11.1. The summed E-state index contributed by atoms with van der Waals surface area (Å²) in [6.45, 7) is 5.11. The van der Waals surface area contributed by atoms with E-state index in [0.717, 1.165) is 24.4 Å². The van der Waals surface area contributed by atoms with Gasteiger partial charge in [0.25, 0.3) is 0 Å². The Kier molecular flexibility index (Phi) is 4.86. The van der Waals surface area contributed by atoms with Crippen LogP contribution in [0.5, 0.6) is 0 Å². The molecule has 2 heteroatoms. The fraction of sp³-hybridized carbons (Fsp3) is 0.462. The first-order chi connectivity index (χ1) is 7.27. The van der Waals surface area contributed by atoms with Crippen LogP contribution in [0.15, 0.2) is 18.2 Å². The van der Waals surface area contributed by atoms with E-state index in [4.69, 9.17) is 6.42 Å². The number of nitrogens with zero attached hydrogens (tertiary/aromatic N) is 1. The van der Waals surface area contributed by atoms with Crippen molar-refractivity contribution in [2.45, 2.75) is 32.7 Å². The summed E-state index contributed by atoms with van der Waals surface area (Å²) in [6, 6.07) is 6.23. The van der Waals surface area contributed by atoms with E-state index in [1.54, 1.807) is 0 Å². The normalized spacial score (nSPS) is 12.1. The maximum Gasteiger partial charge on any atom is 0.0605 e. The van der Waals surface area contributed by atoms with Crippen molar-refractivity contribution in [2.75, 3.05) is 6.54 Å². The third-order valence-electron chi connectivity index (χ3n) is 2.23. The van der Waals surface area contributed by atoms with Gasteiger partial charge in [-0.3, -0.25) is 4.98 Å². The average Bonchev–Trinajstić information content (AvgIpc) is 2.24. The molecule has 1 rings (SSSR count). The van der Waals surface area contributed by atoms with Gasteiger partial charge in [0.2, 0.25) is 0 Å². The van der Waals surface area contributed by atoms with E-state index in [1.165, 1.54) is 0 Å². The standard InChI is InChI=1S/C13H18N2/c1-4-7-12(14-10-5-2)13-9-6-8-11(3)15-13/h1,6,8-9,12,14H,5,7,10H2,2-3H3. The van der Waals surface area contributed by atoms with Gasteiger partial charge in [0.1, 0.15) is 0 Å². The molecule has 1 N–H and O–H groups in total. The molecule has 1 aromatic rings. The number of rotatable bonds is 5. The third-order valence-corrected chi connectivity index (χ3v) is 2.23. The molecule has 1 atom stereocenters. The minimum atomic E-state index is 0.190. The molecule has 0 saturated heterocycles. The van der Waals surface area contributed by atoms with Gasteiger partial charge in [-0.2, -0.15) is 0 Å². The molecule has 0 aliphatic heterocycles. The zero-order valence-electron chi connectivity index (χ0n) is 9.46. The number of nitrogens with one attached hydrogen (secondary N) is 1. The Hall–Kier alpha value is -1.33. The first-order valence-electron chi connectivity index (χ1n) is 5.38. The van der Waals surface area contributed by atoms with Crippen molar-refractivity contribution in [1.82, 2.24) is 10.3 Å². The molecule has 1 aromatic heterocycles. The van der Waals surface area contributed by atoms with Crippen molar-refractivity contribution < 1.29 is 0 Å². The van der Waals surface area contributed by atoms with Crippen LogP contribution in [0.3, 0.4) is 0 Å². The molecular formula is C13H18N2. The zero-order valence-corrected chi connectivity index (χ0v) is 9.46. The van der Waals surface area contributed by atoms with Gasteiger partial charge >= 0.3 is 0 Å². The summed E-state index contributed by atoms with van der Waals surface area (Å²) in [6.07, 6.45) is 7.15. The lowest BCUT2D eigenvalue weighted by molar-refractivity contribution is 0.530. The number of terminal acetylenes is 1. The number of hydrogen-bond donors (Lipinski definition) is 1. The van der Waals surface area contributed by atoms with Crippen LogP contribution in [0.2, 0.25) is 0 Å². The summed E-state index contributed by atoms with van der Waals surface area (Å²) in [5.41, 5.74) is 2.08. The Bertz CT molecular complexity index is 339. The van der Waals surface area contributed by atoms with E-state index in [-0.39, 0.29) is 6.04 Å². The Balaban J connectivity index is 2.75. The molecule has 2 nitrogen and oxygen atoms in total. The van der Waals surface area contributed by atoms with Crippen molar-refractivity contribution in [3.63, 3.8) is 0 Å². The highest BCUT2D eigenvalue weighted by Crippen LogP contribution is 2.14. The van der Waals surface area contributed by atoms with Crippen LogP contribution in [0.25, 0.3) is 0 Å². The van der Waals surface area contributed by atoms with Gasteiger partial charge in [-0.1, -0.05) is 13.0 Å². The molecule has 0 spiro atoms. The maximum atomic E-state index is 5.36. The molecule has 15 heavy (non-hydrogen) atoms. The maximum absolute atomic E-state index is 5.36. The number of pyridine rings is 1. The minimum absolute atomic E-state index is 0.190. The Labute approximate surface area is 92.1 Å². The summed E-state index contributed by atoms with van der Waals surface area (Å²) in [5.74, 6) is 2.69. The van der Waals surface area contributed by atoms with Gasteiger partial charge in [-0.25, -0.2) is 0 Å². The first kappa shape index (κ1) is 11.7. The summed E-state index contributed by atoms with van der Waals surface area (Å²) in [4.78, 5) is 4.49. The average molecular weight is 202 g/mol. The predicted octanol–water partition coefficient (Wildman–Crippen LogP) is 2.45. The molecule has 80 valence electrons. The van der Waals surface area contributed by atoms with Gasteiger partial charge in [-0.15, -0.1) is 12.3 Å². The van der Waals surface area contributed by atoms with Crippen molar-refractivity contribution in [2.24, 2.45) is 0 Å². The van der Waals surface area contributed by atoms with Gasteiger partial charge in [0.15, 0.2) is 0 Å². The highest BCUT2D eigenvalue weighted by Gasteiger charge is 2.10. The van der Waals surface area contributed by atoms with Crippen LogP contribution in [0, 0.1) is 19.3 Å². The van der Waals surface area contributed by atoms with E-state index in [0.29, 0.717) is 6.42 Å². The number of hydrogen-bond acceptors (Lipinski definition) is 2. The number of aromatic nitrogens is 1. The lowest BCUT2D eigenvalue weighted by Crippen LogP contribution is -2.22. The largest absolute Gasteiger partial charge is 0.308 e. The molecule has 0 amide bonds. The summed E-state index contributed by atoms with van der Waals surface area (Å²) in [5, 5.41) is 3.41. The topological polar surface area (TPSA) is 24.9 Å². The van der Waals surface area contributed by atoms with E-state index in [1.807, 2.05) is 25.1 Å². The lowest BCUT2D eigenvalue weighted by Gasteiger charge is -2.15. The minimum Gasteiger partial charge on any atom is -0.308 e. The molecule has 0 fully saturated rings. The highest BCUT2D eigenvalue weighted by molar-refractivity contribution is 5.15. The monoisotopic (exact) mass is 202 g/mol. The van der Waals surface area contributed by atoms with Crippen LogP contribution in [0.4, 0.5) is 0 Å². The van der Waals surface area contributed by atoms with Crippen LogP contribution in [0.1, 0.15) is 37.2 Å². The van der Waals surface area contributed by atoms with E-state index >= 15 is 0 Å². The molecule has 1 unspecified atom stereocenters. The second kappa shape index (κ2) is 6.21. The Morgan fingerprint density at radius 1 is 1.53 bits per heavy atom. The smallest absolute Gasteiger partial charge is 0.0605 e. The summed E-state index contributed by atoms with van der Waals surface area (Å²) < 4.78 is 0. The molecule has 1 heterocycles. The second-order valence-electron chi connectivity index (χ2n) is 3.62. The van der Waals surface area contributed by atoms with Gasteiger partial charge in [-0.05, 0) is 32.0 Å². The third kappa shape index (κ3) is 3.73. The summed E-state index contributed by atoms with van der Waals surface area (Å²) in [7, 11) is 0. The summed E-state index contributed by atoms with van der Waals surface area (Å²) >= 11 is 0. The fourth-order valence-corrected chi connectivity index (χ4v) is 1.48. The lowest BCUT2D eigenvalue weighted by atomic mass is 10.1. The molecular weight excluding hydrogens is 184 g/mol. The van der Waals surface area contributed by atoms with Crippen molar-refractivity contribution in [3.8, 4) is 12.3 Å². The SMILES string of the molecule is C#CCC(NCCC)c1cccc(C)n1. The molecule has 0 saturated carbocycles. The van der Waals surface area contributed by atoms with Crippen LogP contribution >= 0.6 is 0 Å². The van der Waals surface area contributed by atoms with Gasteiger partial charge in [0, 0.05) is 12.1 Å². The number of aryl methyl sites for hydroxylation is 1. The fourth-order valence-electron chi connectivity index (χ4n) is 1.48. The molecule has 0 aromatic carbocycles. The van der Waals surface area contributed by atoms with Gasteiger partial charge in [0.05, 0.1) is 11.7 Å². The van der Waals surface area contributed by atoms with E-state index in [9.17, 15) is 0 Å². The van der Waals surface area contributed by atoms with E-state index in [2.05, 4.69) is 23.1 Å². The second-order valence-corrected chi connectivity index (χ2v) is 3.62. The van der Waals surface area contributed by atoms with Crippen LogP contribution in [-0.4, -0.2) is 11.5 Å². The van der Waals surface area contributed by atoms with Crippen LogP contribution in [-0.2, 0) is 0 Å².